The lowest BCUT2D eigenvalue weighted by molar-refractivity contribution is 0.100. The van der Waals surface area contributed by atoms with Gasteiger partial charge in [0.15, 0.2) is 0 Å². The van der Waals surface area contributed by atoms with Gasteiger partial charge in [0.2, 0.25) is 10.0 Å². The lowest BCUT2D eigenvalue weighted by atomic mass is 9.90. The minimum atomic E-state index is -3.30. The van der Waals surface area contributed by atoms with Gasteiger partial charge in [-0.3, -0.25) is 9.89 Å². The van der Waals surface area contributed by atoms with E-state index in [4.69, 9.17) is 10.5 Å². The van der Waals surface area contributed by atoms with E-state index in [2.05, 4.69) is 21.6 Å². The minimum absolute atomic E-state index is 0.0841. The molecule has 10 heteroatoms. The van der Waals surface area contributed by atoms with Crippen molar-refractivity contribution in [1.29, 1.82) is 0 Å². The molecule has 2 heterocycles. The van der Waals surface area contributed by atoms with Gasteiger partial charge in [-0.2, -0.15) is 5.10 Å². The predicted octanol–water partition coefficient (Wildman–Crippen LogP) is 2.59. The number of hydrogen-bond donors (Lipinski definition) is 3. The summed E-state index contributed by atoms with van der Waals surface area (Å²) in [5, 5.41) is 11.6. The summed E-state index contributed by atoms with van der Waals surface area (Å²) in [6, 6.07) is 12.0. The molecule has 1 aliphatic heterocycles. The number of H-pyrrole nitrogens is 1. The second-order valence-electron chi connectivity index (χ2n) is 8.99. The number of benzene rings is 2. The van der Waals surface area contributed by atoms with E-state index in [9.17, 15) is 13.2 Å². The van der Waals surface area contributed by atoms with Crippen LogP contribution in [0, 0.1) is 0 Å². The van der Waals surface area contributed by atoms with Gasteiger partial charge in [0.25, 0.3) is 5.91 Å². The lowest BCUT2D eigenvalue weighted by Gasteiger charge is -2.30. The van der Waals surface area contributed by atoms with E-state index >= 15 is 0 Å². The Morgan fingerprint density at radius 2 is 2.00 bits per heavy atom. The van der Waals surface area contributed by atoms with Gasteiger partial charge < -0.3 is 15.8 Å². The molecule has 0 atom stereocenters. The fourth-order valence-electron chi connectivity index (χ4n) is 4.80. The predicted molar refractivity (Wildman–Crippen MR) is 137 cm³/mol. The average Bonchev–Trinajstić information content (AvgIpc) is 3.28. The van der Waals surface area contributed by atoms with Crippen molar-refractivity contribution in [1.82, 2.24) is 19.8 Å². The summed E-state index contributed by atoms with van der Waals surface area (Å²) in [5.74, 6) is -0.342. The van der Waals surface area contributed by atoms with Crippen molar-refractivity contribution >= 4 is 26.8 Å². The number of carbonyl (C=O) groups excluding carboxylic acids is 1. The van der Waals surface area contributed by atoms with Crippen LogP contribution in [-0.4, -0.2) is 68.4 Å². The summed E-state index contributed by atoms with van der Waals surface area (Å²) in [6.45, 7) is 2.06. The maximum absolute atomic E-state index is 12.7. The fraction of sp³-hybridized carbons (Fsp3) is 0.440. The molecule has 0 radical (unpaired) electrons. The maximum atomic E-state index is 12.7. The molecule has 4 rings (SSSR count). The van der Waals surface area contributed by atoms with Crippen molar-refractivity contribution in [3.05, 3.63) is 53.2 Å². The first-order valence-electron chi connectivity index (χ1n) is 11.9. The molecule has 0 spiro atoms. The summed E-state index contributed by atoms with van der Waals surface area (Å²) in [6.07, 6.45) is 1.81. The van der Waals surface area contributed by atoms with Gasteiger partial charge in [-0.25, -0.2) is 12.7 Å². The number of aromatic nitrogens is 2. The van der Waals surface area contributed by atoms with E-state index < -0.39 is 15.9 Å². The van der Waals surface area contributed by atoms with E-state index in [1.165, 1.54) is 0 Å². The van der Waals surface area contributed by atoms with Gasteiger partial charge in [0.1, 0.15) is 0 Å². The monoisotopic (exact) mass is 499 g/mol. The molecule has 2 aromatic carbocycles. The molecule has 3 aromatic rings. The first-order valence-corrected chi connectivity index (χ1v) is 13.5. The first kappa shape index (κ1) is 25.3. The number of hydrogen-bond acceptors (Lipinski definition) is 6. The lowest BCUT2D eigenvalue weighted by Crippen LogP contribution is -2.39. The fourth-order valence-corrected chi connectivity index (χ4v) is 6.31. The van der Waals surface area contributed by atoms with Crippen LogP contribution < -0.4 is 11.1 Å². The molecule has 0 bridgehead atoms. The number of amides is 1. The van der Waals surface area contributed by atoms with Gasteiger partial charge in [-0.05, 0) is 61.2 Å². The number of ether oxygens (including phenoxy) is 1. The average molecular weight is 500 g/mol. The third-order valence-electron chi connectivity index (χ3n) is 6.59. The highest BCUT2D eigenvalue weighted by atomic mass is 32.2. The smallest absolute Gasteiger partial charge is 0.250 e. The Labute approximate surface area is 206 Å². The number of carbonyl (C=O) groups is 1. The van der Waals surface area contributed by atoms with Crippen LogP contribution in [0.1, 0.15) is 46.8 Å². The molecule has 4 N–H and O–H groups in total. The second-order valence-corrected chi connectivity index (χ2v) is 11.1. The number of sulfonamides is 1. The quantitative estimate of drug-likeness (QED) is 0.368. The summed E-state index contributed by atoms with van der Waals surface area (Å²) in [4.78, 5) is 12.3. The van der Waals surface area contributed by atoms with Crippen LogP contribution in [0.25, 0.3) is 22.0 Å². The van der Waals surface area contributed by atoms with Crippen LogP contribution in [-0.2, 0) is 21.3 Å². The number of methoxy groups -OCH3 is 1. The molecule has 1 aromatic heterocycles. The van der Waals surface area contributed by atoms with Crippen LogP contribution in [0.2, 0.25) is 0 Å². The highest BCUT2D eigenvalue weighted by Gasteiger charge is 2.30. The number of nitrogens with one attached hydrogen (secondary N) is 2. The highest BCUT2D eigenvalue weighted by molar-refractivity contribution is 7.89. The Morgan fingerprint density at radius 3 is 2.69 bits per heavy atom. The van der Waals surface area contributed by atoms with E-state index in [0.717, 1.165) is 34.3 Å². The third kappa shape index (κ3) is 5.56. The van der Waals surface area contributed by atoms with Crippen molar-refractivity contribution in [3.8, 4) is 11.1 Å². The number of fused-ring (bicyclic) bond motifs is 1. The Balaban J connectivity index is 1.62. The molecular weight excluding hydrogens is 466 g/mol. The highest BCUT2D eigenvalue weighted by Crippen LogP contribution is 2.36. The number of nitrogens with zero attached hydrogens (tertiary/aromatic N) is 2. The number of rotatable bonds is 10. The summed E-state index contributed by atoms with van der Waals surface area (Å²) in [5.41, 5.74) is 10.6. The Hall–Kier alpha value is -2.79. The van der Waals surface area contributed by atoms with Crippen LogP contribution in [0.3, 0.4) is 0 Å². The second kappa shape index (κ2) is 10.9. The zero-order valence-electron chi connectivity index (χ0n) is 20.2. The van der Waals surface area contributed by atoms with Gasteiger partial charge in [-0.1, -0.05) is 18.2 Å². The van der Waals surface area contributed by atoms with Crippen molar-refractivity contribution < 1.29 is 17.9 Å². The zero-order valence-corrected chi connectivity index (χ0v) is 21.0. The molecule has 1 fully saturated rings. The molecule has 0 aliphatic carbocycles. The molecule has 9 nitrogen and oxygen atoms in total. The largest absolute Gasteiger partial charge is 0.385 e. The molecule has 1 amide bonds. The molecule has 1 saturated heterocycles. The van der Waals surface area contributed by atoms with Crippen LogP contribution in [0.5, 0.6) is 0 Å². The Morgan fingerprint density at radius 1 is 1.23 bits per heavy atom. The van der Waals surface area contributed by atoms with Gasteiger partial charge >= 0.3 is 0 Å². The Bertz CT molecular complexity index is 1300. The van der Waals surface area contributed by atoms with Gasteiger partial charge in [-0.15, -0.1) is 0 Å². The van der Waals surface area contributed by atoms with E-state index in [1.54, 1.807) is 17.5 Å². The van der Waals surface area contributed by atoms with Crippen molar-refractivity contribution in [2.45, 2.75) is 31.7 Å². The normalized spacial score (nSPS) is 15.6. The first-order chi connectivity index (χ1) is 16.8. The number of primary amides is 1. The standard InChI is InChI=1S/C25H33N5O4S/c1-27-16-17-5-3-6-19(13-17)20-14-21-23(28-29-24(21)22(15-20)25(26)31)18-7-9-30(10-8-18)35(32,33)12-4-11-34-2/h3,5-6,13-15,18,27H,4,7-12,16H2,1-2H3,(H2,26,31)(H,28,29). The topological polar surface area (TPSA) is 130 Å². The zero-order chi connectivity index (χ0) is 25.0. The SMILES string of the molecule is CNCc1cccc(-c2cc(C(N)=O)c3[nH]nc(C4CCN(S(=O)(=O)CCCOC)CC4)c3c2)c1. The van der Waals surface area contributed by atoms with Crippen molar-refractivity contribution in [2.75, 3.05) is 39.6 Å². The van der Waals surface area contributed by atoms with Crippen LogP contribution in [0.4, 0.5) is 0 Å². The summed E-state index contributed by atoms with van der Waals surface area (Å²) < 4.78 is 31.9. The van der Waals surface area contributed by atoms with Crippen molar-refractivity contribution in [2.24, 2.45) is 5.73 Å². The molecule has 35 heavy (non-hydrogen) atoms. The number of piperidine rings is 1. The van der Waals surface area contributed by atoms with E-state index in [1.807, 2.05) is 31.3 Å². The van der Waals surface area contributed by atoms with Crippen LogP contribution >= 0.6 is 0 Å². The van der Waals surface area contributed by atoms with Crippen molar-refractivity contribution in [3.63, 3.8) is 0 Å². The summed E-state index contributed by atoms with van der Waals surface area (Å²) in [7, 11) is 0.169. The molecule has 0 saturated carbocycles. The number of aromatic amines is 1. The molecule has 0 unspecified atom stereocenters. The molecular formula is C25H33N5O4S. The van der Waals surface area contributed by atoms with Crippen LogP contribution in [0.15, 0.2) is 36.4 Å². The van der Waals surface area contributed by atoms with Gasteiger partial charge in [0, 0.05) is 44.7 Å². The maximum Gasteiger partial charge on any atom is 0.250 e. The van der Waals surface area contributed by atoms with E-state index in [0.29, 0.717) is 50.0 Å². The number of nitrogens with two attached hydrogens (primary N) is 1. The molecule has 1 aliphatic rings. The van der Waals surface area contributed by atoms with Gasteiger partial charge in [0.05, 0.1) is 22.5 Å². The summed E-state index contributed by atoms with van der Waals surface area (Å²) >= 11 is 0. The van der Waals surface area contributed by atoms with E-state index in [-0.39, 0.29) is 11.7 Å². The Kier molecular flexibility index (Phi) is 7.85. The molecule has 188 valence electrons. The minimum Gasteiger partial charge on any atom is -0.385 e. The third-order valence-corrected chi connectivity index (χ3v) is 8.55.